The lowest BCUT2D eigenvalue weighted by atomic mass is 10.3. The third-order valence-corrected chi connectivity index (χ3v) is 1.64. The van der Waals surface area contributed by atoms with Gasteiger partial charge < -0.3 is 4.74 Å². The maximum atomic E-state index is 10.4. The van der Waals surface area contributed by atoms with Crippen molar-refractivity contribution in [1.82, 2.24) is 4.98 Å². The average molecular weight is 179 g/mol. The van der Waals surface area contributed by atoms with E-state index in [-0.39, 0.29) is 0 Å². The van der Waals surface area contributed by atoms with E-state index in [2.05, 4.69) is 11.9 Å². The van der Waals surface area contributed by atoms with Crippen molar-refractivity contribution in [2.24, 2.45) is 0 Å². The predicted molar refractivity (Wildman–Crippen MR) is 50.0 cm³/mol. The van der Waals surface area contributed by atoms with Crippen LogP contribution in [-0.4, -0.2) is 17.9 Å². The number of unbranched alkanes of at least 4 members (excludes halogenated alkanes) is 1. The standard InChI is InChI=1S/C10H13NO2/c1-2-3-4-13-10-5-9(8-12)6-11-7-10/h5-8H,2-4H2,1H3. The van der Waals surface area contributed by atoms with Crippen molar-refractivity contribution in [3.8, 4) is 5.75 Å². The fourth-order valence-electron chi connectivity index (χ4n) is 0.913. The summed E-state index contributed by atoms with van der Waals surface area (Å²) in [5.41, 5.74) is 0.550. The lowest BCUT2D eigenvalue weighted by Gasteiger charge is -2.03. The van der Waals surface area contributed by atoms with Gasteiger partial charge in [0, 0.05) is 11.8 Å². The molecule has 1 aromatic heterocycles. The second-order valence-electron chi connectivity index (χ2n) is 2.77. The third kappa shape index (κ3) is 3.23. The maximum Gasteiger partial charge on any atom is 0.151 e. The molecule has 3 heteroatoms. The third-order valence-electron chi connectivity index (χ3n) is 1.64. The van der Waals surface area contributed by atoms with E-state index in [1.54, 1.807) is 12.3 Å². The Morgan fingerprint density at radius 3 is 3.08 bits per heavy atom. The van der Waals surface area contributed by atoms with Gasteiger partial charge in [-0.1, -0.05) is 13.3 Å². The van der Waals surface area contributed by atoms with Crippen molar-refractivity contribution < 1.29 is 9.53 Å². The van der Waals surface area contributed by atoms with Crippen LogP contribution >= 0.6 is 0 Å². The Balaban J connectivity index is 2.51. The van der Waals surface area contributed by atoms with Crippen molar-refractivity contribution >= 4 is 6.29 Å². The zero-order chi connectivity index (χ0) is 9.52. The monoisotopic (exact) mass is 179 g/mol. The van der Waals surface area contributed by atoms with Crippen LogP contribution in [-0.2, 0) is 0 Å². The van der Waals surface area contributed by atoms with Gasteiger partial charge in [-0.05, 0) is 12.5 Å². The summed E-state index contributed by atoms with van der Waals surface area (Å²) in [5.74, 6) is 0.665. The molecule has 0 aromatic carbocycles. The summed E-state index contributed by atoms with van der Waals surface area (Å²) in [6.45, 7) is 2.78. The second-order valence-corrected chi connectivity index (χ2v) is 2.77. The lowest BCUT2D eigenvalue weighted by molar-refractivity contribution is 0.112. The molecule has 1 aromatic rings. The number of aldehydes is 1. The maximum absolute atomic E-state index is 10.4. The van der Waals surface area contributed by atoms with Crippen molar-refractivity contribution in [3.05, 3.63) is 24.0 Å². The first-order valence-electron chi connectivity index (χ1n) is 4.40. The molecule has 0 spiro atoms. The molecule has 0 aliphatic heterocycles. The summed E-state index contributed by atoms with van der Waals surface area (Å²) in [6.07, 6.45) is 6.01. The molecular weight excluding hydrogens is 166 g/mol. The smallest absolute Gasteiger partial charge is 0.151 e. The molecule has 3 nitrogen and oxygen atoms in total. The highest BCUT2D eigenvalue weighted by molar-refractivity contribution is 5.74. The number of hydrogen-bond acceptors (Lipinski definition) is 3. The Morgan fingerprint density at radius 1 is 1.54 bits per heavy atom. The lowest BCUT2D eigenvalue weighted by Crippen LogP contribution is -1.97. The number of rotatable bonds is 5. The van der Waals surface area contributed by atoms with Gasteiger partial charge in [-0.2, -0.15) is 0 Å². The minimum absolute atomic E-state index is 0.550. The molecule has 0 atom stereocenters. The molecule has 70 valence electrons. The second kappa shape index (κ2) is 5.30. The van der Waals surface area contributed by atoms with Crippen molar-refractivity contribution in [2.75, 3.05) is 6.61 Å². The molecule has 0 aliphatic carbocycles. The highest BCUT2D eigenvalue weighted by Gasteiger charge is 1.95. The molecule has 13 heavy (non-hydrogen) atoms. The van der Waals surface area contributed by atoms with E-state index < -0.39 is 0 Å². The van der Waals surface area contributed by atoms with Crippen LogP contribution in [0.5, 0.6) is 5.75 Å². The summed E-state index contributed by atoms with van der Waals surface area (Å²) < 4.78 is 5.37. The van der Waals surface area contributed by atoms with Gasteiger partial charge in [-0.25, -0.2) is 0 Å². The van der Waals surface area contributed by atoms with Crippen molar-refractivity contribution in [1.29, 1.82) is 0 Å². The minimum atomic E-state index is 0.550. The van der Waals surface area contributed by atoms with E-state index in [1.165, 1.54) is 6.20 Å². The summed E-state index contributed by atoms with van der Waals surface area (Å²) in [7, 11) is 0. The van der Waals surface area contributed by atoms with Crippen molar-refractivity contribution in [3.63, 3.8) is 0 Å². The fourth-order valence-corrected chi connectivity index (χ4v) is 0.913. The molecule has 0 radical (unpaired) electrons. The zero-order valence-electron chi connectivity index (χ0n) is 7.69. The molecule has 0 saturated heterocycles. The normalized spacial score (nSPS) is 9.62. The van der Waals surface area contributed by atoms with Crippen LogP contribution in [0, 0.1) is 0 Å². The number of nitrogens with zero attached hydrogens (tertiary/aromatic N) is 1. The minimum Gasteiger partial charge on any atom is -0.492 e. The van der Waals surface area contributed by atoms with E-state index >= 15 is 0 Å². The number of pyridine rings is 1. The number of ether oxygens (including phenoxy) is 1. The summed E-state index contributed by atoms with van der Waals surface area (Å²) >= 11 is 0. The van der Waals surface area contributed by atoms with Crippen LogP contribution in [0.2, 0.25) is 0 Å². The number of hydrogen-bond donors (Lipinski definition) is 0. The largest absolute Gasteiger partial charge is 0.492 e. The molecule has 0 aliphatic rings. The first kappa shape index (κ1) is 9.71. The van der Waals surface area contributed by atoms with Crippen LogP contribution in [0.4, 0.5) is 0 Å². The predicted octanol–water partition coefficient (Wildman–Crippen LogP) is 2.07. The molecule has 0 unspecified atom stereocenters. The van der Waals surface area contributed by atoms with Gasteiger partial charge in [0.2, 0.25) is 0 Å². The molecule has 1 heterocycles. The van der Waals surface area contributed by atoms with Gasteiger partial charge in [0.05, 0.1) is 12.8 Å². The van der Waals surface area contributed by atoms with E-state index in [4.69, 9.17) is 4.74 Å². The summed E-state index contributed by atoms with van der Waals surface area (Å²) in [5, 5.41) is 0. The Morgan fingerprint density at radius 2 is 2.38 bits per heavy atom. The molecule has 0 amide bonds. The van der Waals surface area contributed by atoms with Crippen LogP contribution < -0.4 is 4.74 Å². The van der Waals surface area contributed by atoms with Crippen LogP contribution in [0.1, 0.15) is 30.1 Å². The van der Waals surface area contributed by atoms with Gasteiger partial charge in [-0.15, -0.1) is 0 Å². The van der Waals surface area contributed by atoms with Gasteiger partial charge in [0.15, 0.2) is 6.29 Å². The average Bonchev–Trinajstić information content (AvgIpc) is 2.19. The van der Waals surface area contributed by atoms with Crippen LogP contribution in [0.25, 0.3) is 0 Å². The van der Waals surface area contributed by atoms with E-state index in [0.29, 0.717) is 17.9 Å². The van der Waals surface area contributed by atoms with Gasteiger partial charge in [0.25, 0.3) is 0 Å². The van der Waals surface area contributed by atoms with Gasteiger partial charge >= 0.3 is 0 Å². The first-order valence-corrected chi connectivity index (χ1v) is 4.40. The number of carbonyl (C=O) groups is 1. The van der Waals surface area contributed by atoms with Gasteiger partial charge in [-0.3, -0.25) is 9.78 Å². The molecule has 1 rings (SSSR count). The molecular formula is C10H13NO2. The Kier molecular flexibility index (Phi) is 3.96. The summed E-state index contributed by atoms with van der Waals surface area (Å²) in [4.78, 5) is 14.3. The first-order chi connectivity index (χ1) is 6.36. The molecule has 0 fully saturated rings. The highest BCUT2D eigenvalue weighted by atomic mass is 16.5. The Labute approximate surface area is 77.8 Å². The highest BCUT2D eigenvalue weighted by Crippen LogP contribution is 2.09. The zero-order valence-corrected chi connectivity index (χ0v) is 7.69. The van der Waals surface area contributed by atoms with Crippen LogP contribution in [0.3, 0.4) is 0 Å². The summed E-state index contributed by atoms with van der Waals surface area (Å²) in [6, 6.07) is 1.69. The van der Waals surface area contributed by atoms with Crippen LogP contribution in [0.15, 0.2) is 18.5 Å². The van der Waals surface area contributed by atoms with Gasteiger partial charge in [0.1, 0.15) is 5.75 Å². The Hall–Kier alpha value is -1.38. The molecule has 0 saturated carbocycles. The quantitative estimate of drug-likeness (QED) is 0.513. The number of aromatic nitrogens is 1. The fraction of sp³-hybridized carbons (Fsp3) is 0.400. The van der Waals surface area contributed by atoms with E-state index in [0.717, 1.165) is 19.1 Å². The number of carbonyl (C=O) groups excluding carboxylic acids is 1. The van der Waals surface area contributed by atoms with Crippen molar-refractivity contribution in [2.45, 2.75) is 19.8 Å². The van der Waals surface area contributed by atoms with E-state index in [1.807, 2.05) is 0 Å². The topological polar surface area (TPSA) is 39.2 Å². The molecule has 0 bridgehead atoms. The molecule has 0 N–H and O–H groups in total. The Bertz CT molecular complexity index is 273. The van der Waals surface area contributed by atoms with E-state index in [9.17, 15) is 4.79 Å². The SMILES string of the molecule is CCCCOc1cncc(C=O)c1.